The summed E-state index contributed by atoms with van der Waals surface area (Å²) in [7, 11) is 4.12. The molecule has 0 heterocycles. The van der Waals surface area contributed by atoms with Gasteiger partial charge in [0.25, 0.3) is 0 Å². The molecule has 1 saturated carbocycles. The van der Waals surface area contributed by atoms with Crippen LogP contribution < -0.4 is 10.2 Å². The van der Waals surface area contributed by atoms with Gasteiger partial charge in [-0.25, -0.2) is 0 Å². The number of benzene rings is 2. The Hall–Kier alpha value is -1.96. The third kappa shape index (κ3) is 3.13. The molecule has 1 aliphatic carbocycles. The Bertz CT molecular complexity index is 568. The van der Waals surface area contributed by atoms with E-state index < -0.39 is 0 Å². The number of anilines is 2. The smallest absolute Gasteiger partial charge is 0.0400 e. The maximum absolute atomic E-state index is 3.50. The first-order valence-electron chi connectivity index (χ1n) is 7.32. The monoisotopic (exact) mass is 266 g/mol. The lowest BCUT2D eigenvalue weighted by molar-refractivity contribution is 1.08. The van der Waals surface area contributed by atoms with Gasteiger partial charge in [0.1, 0.15) is 0 Å². The van der Waals surface area contributed by atoms with Crippen LogP contribution in [-0.2, 0) is 6.54 Å². The average molecular weight is 266 g/mol. The second kappa shape index (κ2) is 5.58. The summed E-state index contributed by atoms with van der Waals surface area (Å²) >= 11 is 0. The SMILES string of the molecule is CN(C)c1ccc(NCc2cccc(C3CC3)c2)cc1. The lowest BCUT2D eigenvalue weighted by Crippen LogP contribution is -2.08. The molecular weight excluding hydrogens is 244 g/mol. The van der Waals surface area contributed by atoms with Gasteiger partial charge in [-0.15, -0.1) is 0 Å². The number of rotatable bonds is 5. The molecule has 104 valence electrons. The molecule has 0 aliphatic heterocycles. The summed E-state index contributed by atoms with van der Waals surface area (Å²) in [5, 5.41) is 3.50. The number of hydrogen-bond donors (Lipinski definition) is 1. The second-order valence-corrected chi connectivity index (χ2v) is 5.81. The van der Waals surface area contributed by atoms with Gasteiger partial charge in [-0.1, -0.05) is 24.3 Å². The first-order chi connectivity index (χ1) is 9.72. The third-order valence-corrected chi connectivity index (χ3v) is 3.88. The van der Waals surface area contributed by atoms with Gasteiger partial charge in [0, 0.05) is 32.0 Å². The molecule has 0 radical (unpaired) electrons. The molecule has 0 saturated heterocycles. The fourth-order valence-corrected chi connectivity index (χ4v) is 2.46. The Morgan fingerprint density at radius 2 is 1.80 bits per heavy atom. The van der Waals surface area contributed by atoms with Gasteiger partial charge in [0.05, 0.1) is 0 Å². The van der Waals surface area contributed by atoms with Crippen molar-refractivity contribution in [1.82, 2.24) is 0 Å². The van der Waals surface area contributed by atoms with Crippen molar-refractivity contribution in [3.05, 3.63) is 59.7 Å². The highest BCUT2D eigenvalue weighted by Crippen LogP contribution is 2.40. The minimum atomic E-state index is 0.828. The lowest BCUT2D eigenvalue weighted by Gasteiger charge is -2.13. The van der Waals surface area contributed by atoms with Crippen LogP contribution in [0.4, 0.5) is 11.4 Å². The maximum atomic E-state index is 3.50. The quantitative estimate of drug-likeness (QED) is 0.870. The van der Waals surface area contributed by atoms with Crippen molar-refractivity contribution in [1.29, 1.82) is 0 Å². The largest absolute Gasteiger partial charge is 0.381 e. The van der Waals surface area contributed by atoms with E-state index in [1.54, 1.807) is 0 Å². The highest BCUT2D eigenvalue weighted by molar-refractivity contribution is 5.54. The zero-order valence-corrected chi connectivity index (χ0v) is 12.3. The van der Waals surface area contributed by atoms with Gasteiger partial charge in [-0.2, -0.15) is 0 Å². The van der Waals surface area contributed by atoms with Crippen molar-refractivity contribution >= 4 is 11.4 Å². The van der Waals surface area contributed by atoms with E-state index in [-0.39, 0.29) is 0 Å². The van der Waals surface area contributed by atoms with Gasteiger partial charge in [-0.05, 0) is 54.2 Å². The molecule has 1 fully saturated rings. The van der Waals surface area contributed by atoms with Crippen molar-refractivity contribution in [2.24, 2.45) is 0 Å². The number of hydrogen-bond acceptors (Lipinski definition) is 2. The normalized spacial score (nSPS) is 14.1. The van der Waals surface area contributed by atoms with E-state index in [1.165, 1.54) is 35.3 Å². The van der Waals surface area contributed by atoms with Crippen molar-refractivity contribution in [3.8, 4) is 0 Å². The minimum absolute atomic E-state index is 0.828. The summed E-state index contributed by atoms with van der Waals surface area (Å²) in [6, 6.07) is 17.5. The van der Waals surface area contributed by atoms with Gasteiger partial charge >= 0.3 is 0 Å². The summed E-state index contributed by atoms with van der Waals surface area (Å²) in [6.45, 7) is 0.891. The van der Waals surface area contributed by atoms with Gasteiger partial charge in [0.2, 0.25) is 0 Å². The molecule has 2 nitrogen and oxygen atoms in total. The number of nitrogens with zero attached hydrogens (tertiary/aromatic N) is 1. The fourth-order valence-electron chi connectivity index (χ4n) is 2.46. The highest BCUT2D eigenvalue weighted by atomic mass is 15.1. The van der Waals surface area contributed by atoms with Crippen molar-refractivity contribution < 1.29 is 0 Å². The van der Waals surface area contributed by atoms with Crippen LogP contribution in [0.1, 0.15) is 29.9 Å². The van der Waals surface area contributed by atoms with E-state index in [0.717, 1.165) is 12.5 Å². The van der Waals surface area contributed by atoms with Crippen LogP contribution in [0.2, 0.25) is 0 Å². The van der Waals surface area contributed by atoms with Crippen LogP contribution in [0, 0.1) is 0 Å². The van der Waals surface area contributed by atoms with E-state index in [0.29, 0.717) is 0 Å². The zero-order chi connectivity index (χ0) is 13.9. The van der Waals surface area contributed by atoms with Crippen molar-refractivity contribution in [2.45, 2.75) is 25.3 Å². The van der Waals surface area contributed by atoms with E-state index in [2.05, 4.69) is 72.8 Å². The number of nitrogens with one attached hydrogen (secondary N) is 1. The molecular formula is C18H22N2. The summed E-state index contributed by atoms with van der Waals surface area (Å²) < 4.78 is 0. The van der Waals surface area contributed by atoms with Gasteiger partial charge < -0.3 is 10.2 Å². The first kappa shape index (κ1) is 13.0. The van der Waals surface area contributed by atoms with Crippen molar-refractivity contribution in [2.75, 3.05) is 24.3 Å². The Kier molecular flexibility index (Phi) is 3.64. The molecule has 1 N–H and O–H groups in total. The van der Waals surface area contributed by atoms with E-state index >= 15 is 0 Å². The first-order valence-corrected chi connectivity index (χ1v) is 7.32. The van der Waals surface area contributed by atoms with Crippen LogP contribution in [0.3, 0.4) is 0 Å². The molecule has 0 spiro atoms. The Morgan fingerprint density at radius 3 is 2.45 bits per heavy atom. The van der Waals surface area contributed by atoms with Crippen LogP contribution in [0.15, 0.2) is 48.5 Å². The zero-order valence-electron chi connectivity index (χ0n) is 12.3. The summed E-state index contributed by atoms with van der Waals surface area (Å²) in [4.78, 5) is 2.11. The van der Waals surface area contributed by atoms with E-state index in [4.69, 9.17) is 0 Å². The molecule has 2 heteroatoms. The van der Waals surface area contributed by atoms with Gasteiger partial charge in [-0.3, -0.25) is 0 Å². The maximum Gasteiger partial charge on any atom is 0.0400 e. The van der Waals surface area contributed by atoms with Crippen LogP contribution in [0.5, 0.6) is 0 Å². The predicted octanol–water partition coefficient (Wildman–Crippen LogP) is 4.24. The predicted molar refractivity (Wildman–Crippen MR) is 86.5 cm³/mol. The van der Waals surface area contributed by atoms with Crippen LogP contribution in [-0.4, -0.2) is 14.1 Å². The molecule has 0 aromatic heterocycles. The standard InChI is InChI=1S/C18H22N2/c1-20(2)18-10-8-17(9-11-18)19-13-14-4-3-5-16(12-14)15-6-7-15/h3-5,8-12,15,19H,6-7,13H2,1-2H3. The van der Waals surface area contributed by atoms with E-state index in [9.17, 15) is 0 Å². The molecule has 0 bridgehead atoms. The molecule has 0 amide bonds. The Balaban J connectivity index is 1.62. The molecule has 20 heavy (non-hydrogen) atoms. The average Bonchev–Trinajstić information content (AvgIpc) is 3.30. The summed E-state index contributed by atoms with van der Waals surface area (Å²) in [6.07, 6.45) is 2.73. The highest BCUT2D eigenvalue weighted by Gasteiger charge is 2.23. The molecule has 0 atom stereocenters. The molecule has 3 rings (SSSR count). The molecule has 0 unspecified atom stereocenters. The Labute approximate surface area is 121 Å². The van der Waals surface area contributed by atoms with E-state index in [1.807, 2.05) is 0 Å². The second-order valence-electron chi connectivity index (χ2n) is 5.81. The van der Waals surface area contributed by atoms with Crippen molar-refractivity contribution in [3.63, 3.8) is 0 Å². The van der Waals surface area contributed by atoms with Crippen LogP contribution >= 0.6 is 0 Å². The molecule has 1 aliphatic rings. The summed E-state index contributed by atoms with van der Waals surface area (Å²) in [5.74, 6) is 0.828. The summed E-state index contributed by atoms with van der Waals surface area (Å²) in [5.41, 5.74) is 5.28. The lowest BCUT2D eigenvalue weighted by atomic mass is 10.1. The third-order valence-electron chi connectivity index (χ3n) is 3.88. The topological polar surface area (TPSA) is 15.3 Å². The fraction of sp³-hybridized carbons (Fsp3) is 0.333. The minimum Gasteiger partial charge on any atom is -0.381 e. The van der Waals surface area contributed by atoms with Crippen LogP contribution in [0.25, 0.3) is 0 Å². The van der Waals surface area contributed by atoms with Gasteiger partial charge in [0.15, 0.2) is 0 Å². The molecule has 2 aromatic rings. The Morgan fingerprint density at radius 1 is 1.05 bits per heavy atom. The molecule has 2 aromatic carbocycles.